The van der Waals surface area contributed by atoms with Gasteiger partial charge in [0.25, 0.3) is 0 Å². The number of methoxy groups -OCH3 is 2. The zero-order chi connectivity index (χ0) is 20.2. The number of benzene rings is 2. The molecule has 2 rings (SSSR count). The fourth-order valence-electron chi connectivity index (χ4n) is 2.22. The van der Waals surface area contributed by atoms with Gasteiger partial charge in [-0.05, 0) is 30.3 Å². The Balaban J connectivity index is 2.15. The quantitative estimate of drug-likeness (QED) is 0.725. The Morgan fingerprint density at radius 2 is 1.67 bits per heavy atom. The highest BCUT2D eigenvalue weighted by molar-refractivity contribution is 7.89. The number of sulfonamides is 1. The lowest BCUT2D eigenvalue weighted by Gasteiger charge is -2.18. The van der Waals surface area contributed by atoms with Crippen molar-refractivity contribution in [3.05, 3.63) is 46.4 Å². The highest BCUT2D eigenvalue weighted by Crippen LogP contribution is 2.35. The first-order valence-corrected chi connectivity index (χ1v) is 9.82. The Kier molecular flexibility index (Phi) is 6.94. The lowest BCUT2D eigenvalue weighted by Crippen LogP contribution is -2.35. The summed E-state index contributed by atoms with van der Waals surface area (Å²) in [5.41, 5.74) is 0.297. The number of likely N-dealkylation sites (N-methyl/N-ethyl adjacent to an activating group) is 1. The van der Waals surface area contributed by atoms with E-state index < -0.39 is 22.5 Å². The van der Waals surface area contributed by atoms with E-state index in [1.54, 1.807) is 0 Å². The Bertz CT molecular complexity index is 933. The van der Waals surface area contributed by atoms with Crippen molar-refractivity contribution in [1.29, 1.82) is 0 Å². The highest BCUT2D eigenvalue weighted by atomic mass is 35.5. The number of ether oxygens (including phenoxy) is 2. The Labute approximate surface area is 167 Å². The van der Waals surface area contributed by atoms with E-state index in [-0.39, 0.29) is 9.92 Å². The van der Waals surface area contributed by atoms with Gasteiger partial charge in [-0.3, -0.25) is 4.79 Å². The smallest absolute Gasteiger partial charge is 0.243 e. The van der Waals surface area contributed by atoms with E-state index in [2.05, 4.69) is 5.32 Å². The summed E-state index contributed by atoms with van der Waals surface area (Å²) in [6.07, 6.45) is 0. The second kappa shape index (κ2) is 8.79. The maximum absolute atomic E-state index is 12.5. The van der Waals surface area contributed by atoms with E-state index in [1.165, 1.54) is 57.7 Å². The molecule has 0 aliphatic heterocycles. The zero-order valence-electron chi connectivity index (χ0n) is 14.8. The number of amides is 1. The summed E-state index contributed by atoms with van der Waals surface area (Å²) in [6.45, 7) is -0.405. The predicted molar refractivity (Wildman–Crippen MR) is 104 cm³/mol. The molecule has 0 saturated heterocycles. The maximum Gasteiger partial charge on any atom is 0.243 e. The van der Waals surface area contributed by atoms with Crippen LogP contribution in [-0.2, 0) is 14.8 Å². The van der Waals surface area contributed by atoms with Crippen molar-refractivity contribution in [2.24, 2.45) is 0 Å². The van der Waals surface area contributed by atoms with Crippen LogP contribution >= 0.6 is 23.2 Å². The average molecular weight is 433 g/mol. The molecule has 0 unspecified atom stereocenters. The van der Waals surface area contributed by atoms with E-state index in [0.717, 1.165) is 4.31 Å². The molecule has 0 aromatic heterocycles. The van der Waals surface area contributed by atoms with Crippen LogP contribution in [0.2, 0.25) is 10.0 Å². The number of anilines is 1. The van der Waals surface area contributed by atoms with Gasteiger partial charge in [0.15, 0.2) is 0 Å². The molecule has 146 valence electrons. The normalized spacial score (nSPS) is 11.3. The molecule has 2 aromatic rings. The summed E-state index contributed by atoms with van der Waals surface area (Å²) < 4.78 is 36.3. The zero-order valence-corrected chi connectivity index (χ0v) is 17.2. The molecule has 0 bridgehead atoms. The van der Waals surface area contributed by atoms with Crippen molar-refractivity contribution < 1.29 is 22.7 Å². The molecule has 0 radical (unpaired) electrons. The highest BCUT2D eigenvalue weighted by Gasteiger charge is 2.23. The van der Waals surface area contributed by atoms with Crippen molar-refractivity contribution >= 4 is 44.8 Å². The molecular formula is C17H18Cl2N2O5S. The second-order valence-corrected chi connectivity index (χ2v) is 8.34. The van der Waals surface area contributed by atoms with Crippen LogP contribution in [-0.4, -0.2) is 46.4 Å². The van der Waals surface area contributed by atoms with Crippen molar-refractivity contribution in [3.63, 3.8) is 0 Å². The Morgan fingerprint density at radius 3 is 2.22 bits per heavy atom. The Hall–Kier alpha value is -2.00. The minimum atomic E-state index is -3.84. The average Bonchev–Trinajstić information content (AvgIpc) is 2.62. The van der Waals surface area contributed by atoms with Gasteiger partial charge in [0.05, 0.1) is 36.4 Å². The monoisotopic (exact) mass is 432 g/mol. The van der Waals surface area contributed by atoms with Gasteiger partial charge in [-0.2, -0.15) is 4.31 Å². The molecule has 1 amide bonds. The summed E-state index contributed by atoms with van der Waals surface area (Å²) in [5.74, 6) is 0.149. The van der Waals surface area contributed by atoms with Crippen molar-refractivity contribution in [1.82, 2.24) is 4.31 Å². The largest absolute Gasteiger partial charge is 0.495 e. The molecular weight excluding hydrogens is 415 g/mol. The summed E-state index contributed by atoms with van der Waals surface area (Å²) in [6, 6.07) is 8.66. The summed E-state index contributed by atoms with van der Waals surface area (Å²) in [5, 5.41) is 3.27. The van der Waals surface area contributed by atoms with Gasteiger partial charge in [-0.1, -0.05) is 23.2 Å². The molecule has 7 nitrogen and oxygen atoms in total. The van der Waals surface area contributed by atoms with Crippen LogP contribution in [0.15, 0.2) is 41.3 Å². The third-order valence-electron chi connectivity index (χ3n) is 3.64. The first-order chi connectivity index (χ1) is 12.7. The number of hydrogen-bond acceptors (Lipinski definition) is 5. The van der Waals surface area contributed by atoms with E-state index in [1.807, 2.05) is 0 Å². The predicted octanol–water partition coefficient (Wildman–Crippen LogP) is 3.27. The van der Waals surface area contributed by atoms with Crippen molar-refractivity contribution in [2.45, 2.75) is 4.90 Å². The minimum absolute atomic E-state index is 0.0345. The first kappa shape index (κ1) is 21.3. The molecule has 1 N–H and O–H groups in total. The van der Waals surface area contributed by atoms with Crippen LogP contribution in [0.1, 0.15) is 0 Å². The number of carbonyl (C=O) groups is 1. The van der Waals surface area contributed by atoms with Gasteiger partial charge < -0.3 is 14.8 Å². The third-order valence-corrected chi connectivity index (χ3v) is 6.00. The molecule has 2 aromatic carbocycles. The number of hydrogen-bond donors (Lipinski definition) is 1. The SMILES string of the molecule is COc1cc(OC)c(NC(=O)CN(C)S(=O)(=O)c2ccc(Cl)cc2)cc1Cl. The van der Waals surface area contributed by atoms with Crippen molar-refractivity contribution in [2.75, 3.05) is 33.1 Å². The molecule has 0 saturated carbocycles. The summed E-state index contributed by atoms with van der Waals surface area (Å²) in [4.78, 5) is 12.4. The molecule has 27 heavy (non-hydrogen) atoms. The van der Waals surface area contributed by atoms with Crippen LogP contribution in [0.5, 0.6) is 11.5 Å². The number of carbonyl (C=O) groups excluding carboxylic acids is 1. The second-order valence-electron chi connectivity index (χ2n) is 5.45. The van der Waals surface area contributed by atoms with Crippen LogP contribution in [0.4, 0.5) is 5.69 Å². The number of nitrogens with one attached hydrogen (secondary N) is 1. The maximum atomic E-state index is 12.5. The lowest BCUT2D eigenvalue weighted by molar-refractivity contribution is -0.116. The fourth-order valence-corrected chi connectivity index (χ4v) is 3.72. The molecule has 10 heteroatoms. The topological polar surface area (TPSA) is 84.9 Å². The lowest BCUT2D eigenvalue weighted by atomic mass is 10.2. The van der Waals surface area contributed by atoms with Gasteiger partial charge >= 0.3 is 0 Å². The van der Waals surface area contributed by atoms with Gasteiger partial charge in [-0.15, -0.1) is 0 Å². The molecule has 0 atom stereocenters. The number of halogens is 2. The van der Waals surface area contributed by atoms with Crippen LogP contribution in [0.25, 0.3) is 0 Å². The van der Waals surface area contributed by atoms with E-state index in [9.17, 15) is 13.2 Å². The summed E-state index contributed by atoms with van der Waals surface area (Å²) in [7, 11) is 0.346. The van der Waals surface area contributed by atoms with Gasteiger partial charge in [0.2, 0.25) is 15.9 Å². The van der Waals surface area contributed by atoms with Crippen LogP contribution in [0.3, 0.4) is 0 Å². The minimum Gasteiger partial charge on any atom is -0.495 e. The van der Waals surface area contributed by atoms with Crippen molar-refractivity contribution in [3.8, 4) is 11.5 Å². The summed E-state index contributed by atoms with van der Waals surface area (Å²) >= 11 is 11.8. The fraction of sp³-hybridized carbons (Fsp3) is 0.235. The Morgan fingerprint density at radius 1 is 1.07 bits per heavy atom. The van der Waals surface area contributed by atoms with E-state index >= 15 is 0 Å². The molecule has 0 spiro atoms. The molecule has 0 fully saturated rings. The van der Waals surface area contributed by atoms with Crippen LogP contribution < -0.4 is 14.8 Å². The first-order valence-electron chi connectivity index (χ1n) is 7.62. The van der Waals surface area contributed by atoms with Crippen LogP contribution in [0, 0.1) is 0 Å². The van der Waals surface area contributed by atoms with Gasteiger partial charge in [-0.25, -0.2) is 8.42 Å². The van der Waals surface area contributed by atoms with Gasteiger partial charge in [0.1, 0.15) is 11.5 Å². The standard InChI is InChI=1S/C17H18Cl2N2O5S/c1-21(27(23,24)12-6-4-11(18)5-7-12)10-17(22)20-14-8-13(19)15(25-2)9-16(14)26-3/h4-9H,10H2,1-3H3,(H,20,22). The van der Waals surface area contributed by atoms with E-state index in [0.29, 0.717) is 22.2 Å². The molecule has 0 aliphatic carbocycles. The van der Waals surface area contributed by atoms with E-state index in [4.69, 9.17) is 32.7 Å². The number of rotatable bonds is 7. The third kappa shape index (κ3) is 5.04. The molecule has 0 heterocycles. The molecule has 0 aliphatic rings. The number of nitrogens with zero attached hydrogens (tertiary/aromatic N) is 1. The van der Waals surface area contributed by atoms with Gasteiger partial charge in [0, 0.05) is 18.1 Å².